The largest absolute Gasteiger partial charge is 0.422 e. The van der Waals surface area contributed by atoms with E-state index in [1.807, 2.05) is 41.5 Å². The maximum atomic E-state index is 14.3. The van der Waals surface area contributed by atoms with Gasteiger partial charge in [-0.2, -0.15) is 30.9 Å². The Morgan fingerprint density at radius 2 is 1.33 bits per heavy atom. The molecule has 0 aromatic heterocycles. The summed E-state index contributed by atoms with van der Waals surface area (Å²) >= 11 is 0. The lowest BCUT2D eigenvalue weighted by atomic mass is 9.79. The Bertz CT molecular complexity index is 1940. The van der Waals surface area contributed by atoms with Crippen LogP contribution >= 0.6 is 0 Å². The van der Waals surface area contributed by atoms with Crippen molar-refractivity contribution in [2.45, 2.75) is 97.5 Å². The SMILES string of the molecule is CC(C)CCN1c2c(C(F)(F)F)cccc2C(C)(C)C1C=c1c(=O)c(=CC2=[N+](CCC(C)C)c3c(C(F)(F)F)cccc3C2(C)C)c1=O. The number of benzene rings is 2. The highest BCUT2D eigenvalue weighted by Crippen LogP contribution is 2.51. The van der Waals surface area contributed by atoms with Gasteiger partial charge in [0.1, 0.15) is 12.1 Å². The van der Waals surface area contributed by atoms with E-state index >= 15 is 0 Å². The van der Waals surface area contributed by atoms with E-state index in [4.69, 9.17) is 0 Å². The average Bonchev–Trinajstić information content (AvgIpc) is 3.33. The van der Waals surface area contributed by atoms with Crippen LogP contribution in [-0.2, 0) is 23.2 Å². The molecule has 1 atom stereocenters. The fourth-order valence-electron chi connectivity index (χ4n) is 7.29. The quantitative estimate of drug-likeness (QED) is 0.188. The highest BCUT2D eigenvalue weighted by Gasteiger charge is 2.51. The van der Waals surface area contributed by atoms with Crippen LogP contribution in [0.3, 0.4) is 0 Å². The number of hydrogen-bond donors (Lipinski definition) is 0. The van der Waals surface area contributed by atoms with Gasteiger partial charge in [0, 0.05) is 30.0 Å². The van der Waals surface area contributed by atoms with Crippen LogP contribution in [0.4, 0.5) is 37.7 Å². The topological polar surface area (TPSA) is 40.4 Å². The summed E-state index contributed by atoms with van der Waals surface area (Å²) in [6.45, 7) is 15.6. The van der Waals surface area contributed by atoms with Gasteiger partial charge in [0.15, 0.2) is 5.71 Å². The first-order valence-corrected chi connectivity index (χ1v) is 16.5. The molecule has 0 aliphatic carbocycles. The number of halogens is 6. The predicted octanol–water partition coefficient (Wildman–Crippen LogP) is 7.22. The first-order chi connectivity index (χ1) is 22.1. The van der Waals surface area contributed by atoms with E-state index in [-0.39, 0.29) is 46.7 Å². The van der Waals surface area contributed by atoms with Gasteiger partial charge in [-0.1, -0.05) is 65.8 Å². The van der Waals surface area contributed by atoms with Crippen LogP contribution in [-0.4, -0.2) is 29.4 Å². The highest BCUT2D eigenvalue weighted by atomic mass is 19.4. The summed E-state index contributed by atoms with van der Waals surface area (Å²) in [6.07, 6.45) is -5.13. The summed E-state index contributed by atoms with van der Waals surface area (Å²) in [5.41, 5.74) is -3.02. The van der Waals surface area contributed by atoms with Crippen molar-refractivity contribution in [1.29, 1.82) is 0 Å². The molecule has 2 aliphatic heterocycles. The molecular formula is C38H43F6N2O2+. The number of para-hydroxylation sites is 2. The number of rotatable bonds is 8. The van der Waals surface area contributed by atoms with Crippen LogP contribution in [0, 0.1) is 11.8 Å². The molecule has 0 saturated carbocycles. The minimum atomic E-state index is -4.61. The molecule has 1 unspecified atom stereocenters. The van der Waals surface area contributed by atoms with Crippen LogP contribution < -0.4 is 26.2 Å². The number of fused-ring (bicyclic) bond motifs is 2. The van der Waals surface area contributed by atoms with E-state index in [1.54, 1.807) is 35.5 Å². The summed E-state index contributed by atoms with van der Waals surface area (Å²) < 4.78 is 87.1. The molecule has 258 valence electrons. The zero-order valence-electron chi connectivity index (χ0n) is 28.7. The third kappa shape index (κ3) is 5.93. The minimum absolute atomic E-state index is 0.0317. The zero-order valence-corrected chi connectivity index (χ0v) is 28.7. The summed E-state index contributed by atoms with van der Waals surface area (Å²) in [5.74, 6) is 0.374. The number of alkyl halides is 6. The third-order valence-electron chi connectivity index (χ3n) is 10.1. The lowest BCUT2D eigenvalue weighted by Crippen LogP contribution is -2.66. The maximum absolute atomic E-state index is 14.3. The van der Waals surface area contributed by atoms with Gasteiger partial charge in [-0.15, -0.1) is 0 Å². The number of nitrogens with zero attached hydrogens (tertiary/aromatic N) is 2. The van der Waals surface area contributed by atoms with E-state index in [9.17, 15) is 35.9 Å². The molecule has 0 spiro atoms. The van der Waals surface area contributed by atoms with Crippen molar-refractivity contribution < 1.29 is 30.9 Å². The van der Waals surface area contributed by atoms with Crippen molar-refractivity contribution in [3.8, 4) is 0 Å². The zero-order chi connectivity index (χ0) is 35.7. The molecule has 2 aliphatic rings. The van der Waals surface area contributed by atoms with E-state index < -0.39 is 51.2 Å². The molecule has 48 heavy (non-hydrogen) atoms. The van der Waals surface area contributed by atoms with Crippen molar-refractivity contribution in [3.63, 3.8) is 0 Å². The van der Waals surface area contributed by atoms with E-state index in [0.717, 1.165) is 12.1 Å². The van der Waals surface area contributed by atoms with Crippen LogP contribution in [0.2, 0.25) is 0 Å². The Kier molecular flexibility index (Phi) is 8.92. The molecule has 3 aromatic carbocycles. The van der Waals surface area contributed by atoms with Crippen molar-refractivity contribution in [2.24, 2.45) is 11.8 Å². The van der Waals surface area contributed by atoms with E-state index in [0.29, 0.717) is 29.7 Å². The van der Waals surface area contributed by atoms with Crippen molar-refractivity contribution >= 4 is 29.2 Å². The minimum Gasteiger partial charge on any atom is -0.363 e. The molecule has 3 aromatic rings. The van der Waals surface area contributed by atoms with Crippen LogP contribution in [0.15, 0.2) is 46.0 Å². The average molecular weight is 674 g/mol. The second-order valence-corrected chi connectivity index (χ2v) is 15.1. The highest BCUT2D eigenvalue weighted by molar-refractivity contribution is 6.15. The summed E-state index contributed by atoms with van der Waals surface area (Å²) in [5, 5.41) is -0.257. The lowest BCUT2D eigenvalue weighted by Gasteiger charge is -2.33. The molecule has 0 saturated heterocycles. The second-order valence-electron chi connectivity index (χ2n) is 15.1. The van der Waals surface area contributed by atoms with Crippen molar-refractivity contribution in [3.05, 3.63) is 89.5 Å². The Hall–Kier alpha value is -3.69. The van der Waals surface area contributed by atoms with Gasteiger partial charge in [-0.05, 0) is 55.9 Å². The molecule has 10 heteroatoms. The number of hydrogen-bond acceptors (Lipinski definition) is 3. The van der Waals surface area contributed by atoms with Crippen LogP contribution in [0.25, 0.3) is 12.2 Å². The van der Waals surface area contributed by atoms with Gasteiger partial charge in [-0.25, -0.2) is 0 Å². The summed E-state index contributed by atoms with van der Waals surface area (Å²) in [4.78, 5) is 29.2. The molecular weight excluding hydrogens is 630 g/mol. The van der Waals surface area contributed by atoms with Crippen molar-refractivity contribution in [2.75, 3.05) is 18.0 Å². The molecule has 5 rings (SSSR count). The van der Waals surface area contributed by atoms with Gasteiger partial charge in [0.05, 0.1) is 33.1 Å². The Balaban J connectivity index is 1.69. The van der Waals surface area contributed by atoms with Gasteiger partial charge in [0.25, 0.3) is 0 Å². The summed E-state index contributed by atoms with van der Waals surface area (Å²) in [7, 11) is 0. The predicted molar refractivity (Wildman–Crippen MR) is 178 cm³/mol. The Morgan fingerprint density at radius 3 is 1.88 bits per heavy atom. The summed E-state index contributed by atoms with van der Waals surface area (Å²) in [6, 6.07) is 7.46. The molecule has 0 radical (unpaired) electrons. The monoisotopic (exact) mass is 673 g/mol. The smallest absolute Gasteiger partial charge is 0.363 e. The molecule has 4 nitrogen and oxygen atoms in total. The lowest BCUT2D eigenvalue weighted by molar-refractivity contribution is -0.440. The van der Waals surface area contributed by atoms with Gasteiger partial charge < -0.3 is 4.90 Å². The van der Waals surface area contributed by atoms with Gasteiger partial charge in [0.2, 0.25) is 16.5 Å². The van der Waals surface area contributed by atoms with E-state index in [2.05, 4.69) is 0 Å². The van der Waals surface area contributed by atoms with E-state index in [1.165, 1.54) is 24.3 Å². The second kappa shape index (κ2) is 12.0. The Labute approximate surface area is 276 Å². The molecule has 2 heterocycles. The fourth-order valence-corrected chi connectivity index (χ4v) is 7.29. The first-order valence-electron chi connectivity index (χ1n) is 16.5. The third-order valence-corrected chi connectivity index (χ3v) is 10.1. The standard InChI is InChI=1S/C38H43F6N2O2/c1-21(2)15-17-45-29(35(5,6)25-11-9-13-27(31(25)45)37(39,40)41)19-23-33(47)24(34(23)48)20-30-36(7,8)26-12-10-14-28(38(42,43)44)32(26)46(30)18-16-22(3)4/h9-14,19-22,29H,15-18H2,1-8H3/q+1. The van der Waals surface area contributed by atoms with Gasteiger partial charge >= 0.3 is 12.4 Å². The van der Waals surface area contributed by atoms with Gasteiger partial charge in [-0.3, -0.25) is 9.59 Å². The maximum Gasteiger partial charge on any atom is 0.422 e. The molecule has 0 bridgehead atoms. The number of anilines is 1. The molecule has 0 amide bonds. The first kappa shape index (κ1) is 35.6. The Morgan fingerprint density at radius 1 is 0.792 bits per heavy atom. The normalized spacial score (nSPS) is 18.7. The van der Waals surface area contributed by atoms with Crippen molar-refractivity contribution in [1.82, 2.24) is 0 Å². The molecule has 0 N–H and O–H groups in total. The molecule has 0 fully saturated rings. The fraction of sp³-hybridized carbons (Fsp3) is 0.500. The van der Waals surface area contributed by atoms with Crippen LogP contribution in [0.5, 0.6) is 0 Å². The van der Waals surface area contributed by atoms with Crippen LogP contribution in [0.1, 0.15) is 90.5 Å².